The Labute approximate surface area is 171 Å². The van der Waals surface area contributed by atoms with Gasteiger partial charge in [-0.3, -0.25) is 9.59 Å². The molecule has 1 saturated heterocycles. The van der Waals surface area contributed by atoms with Crippen LogP contribution in [0.1, 0.15) is 52.4 Å². The van der Waals surface area contributed by atoms with Gasteiger partial charge in [0.1, 0.15) is 6.61 Å². The van der Waals surface area contributed by atoms with Crippen molar-refractivity contribution in [2.45, 2.75) is 63.3 Å². The Balaban J connectivity index is 1.48. The van der Waals surface area contributed by atoms with Crippen molar-refractivity contribution in [3.05, 3.63) is 12.3 Å². The summed E-state index contributed by atoms with van der Waals surface area (Å²) in [5.74, 6) is 2.67. The van der Waals surface area contributed by atoms with Crippen molar-refractivity contribution in [3.8, 4) is 5.75 Å². The third-order valence-electron chi connectivity index (χ3n) is 5.38. The number of hydrogen-bond donors (Lipinski definition) is 0. The van der Waals surface area contributed by atoms with Crippen LogP contribution in [0.2, 0.25) is 0 Å². The second kappa shape index (κ2) is 10.1. The van der Waals surface area contributed by atoms with Gasteiger partial charge in [-0.1, -0.05) is 33.1 Å². The first-order valence-electron chi connectivity index (χ1n) is 10.3. The third-order valence-corrected chi connectivity index (χ3v) is 6.42. The number of nitrogens with zero attached hydrogens (tertiary/aromatic N) is 2. The minimum absolute atomic E-state index is 0.0990. The molecule has 3 heterocycles. The SMILES string of the molecule is CCCCC(CC)COC(=O)CCSc1ccnc2c1OC[C@@H]1CC(=O)CN21. The quantitative estimate of drug-likeness (QED) is 0.432. The van der Waals surface area contributed by atoms with Gasteiger partial charge in [-0.25, -0.2) is 4.98 Å². The van der Waals surface area contributed by atoms with Crippen LogP contribution in [0, 0.1) is 5.92 Å². The third kappa shape index (κ3) is 5.19. The molecule has 0 amide bonds. The van der Waals surface area contributed by atoms with Crippen LogP contribution in [-0.4, -0.2) is 48.3 Å². The average molecular weight is 407 g/mol. The summed E-state index contributed by atoms with van der Waals surface area (Å²) in [6, 6.07) is 2.01. The number of rotatable bonds is 10. The lowest BCUT2D eigenvalue weighted by molar-refractivity contribution is -0.144. The van der Waals surface area contributed by atoms with E-state index < -0.39 is 0 Å². The maximum atomic E-state index is 12.1. The summed E-state index contributed by atoms with van der Waals surface area (Å²) in [6.07, 6.45) is 7.16. The number of anilines is 1. The fourth-order valence-corrected chi connectivity index (χ4v) is 4.56. The number of Topliss-reactive ketones (excluding diaryl/α,β-unsaturated/α-hetero) is 1. The Hall–Kier alpha value is -1.76. The number of pyridine rings is 1. The van der Waals surface area contributed by atoms with Gasteiger partial charge < -0.3 is 14.4 Å². The molecule has 3 rings (SSSR count). The van der Waals surface area contributed by atoms with Gasteiger partial charge in [0.2, 0.25) is 0 Å². The highest BCUT2D eigenvalue weighted by molar-refractivity contribution is 7.99. The Morgan fingerprint density at radius 2 is 2.32 bits per heavy atom. The Morgan fingerprint density at radius 3 is 3.11 bits per heavy atom. The van der Waals surface area contributed by atoms with Crippen LogP contribution in [0.3, 0.4) is 0 Å². The number of esters is 1. The normalized spacial score (nSPS) is 19.0. The number of ketones is 1. The minimum atomic E-state index is -0.142. The van der Waals surface area contributed by atoms with E-state index in [0.29, 0.717) is 44.3 Å². The maximum absolute atomic E-state index is 12.1. The van der Waals surface area contributed by atoms with E-state index in [1.807, 2.05) is 11.0 Å². The molecule has 0 N–H and O–H groups in total. The fraction of sp³-hybridized carbons (Fsp3) is 0.667. The van der Waals surface area contributed by atoms with E-state index in [0.717, 1.165) is 29.3 Å². The molecule has 6 nitrogen and oxygen atoms in total. The summed E-state index contributed by atoms with van der Waals surface area (Å²) < 4.78 is 11.4. The molecule has 1 aromatic rings. The van der Waals surface area contributed by atoms with Gasteiger partial charge >= 0.3 is 5.97 Å². The number of thioether (sulfide) groups is 1. The lowest BCUT2D eigenvalue weighted by atomic mass is 10.0. The highest BCUT2D eigenvalue weighted by atomic mass is 32.2. The van der Waals surface area contributed by atoms with Crippen LogP contribution >= 0.6 is 11.8 Å². The maximum Gasteiger partial charge on any atom is 0.306 e. The van der Waals surface area contributed by atoms with Crippen LogP contribution in [-0.2, 0) is 14.3 Å². The van der Waals surface area contributed by atoms with Gasteiger partial charge in [0.05, 0.1) is 30.5 Å². The molecule has 154 valence electrons. The van der Waals surface area contributed by atoms with Crippen molar-refractivity contribution in [3.63, 3.8) is 0 Å². The largest absolute Gasteiger partial charge is 0.486 e. The summed E-state index contributed by atoms with van der Waals surface area (Å²) in [5.41, 5.74) is 0. The van der Waals surface area contributed by atoms with Gasteiger partial charge in [-0.05, 0) is 18.4 Å². The van der Waals surface area contributed by atoms with Gasteiger partial charge in [-0.15, -0.1) is 11.8 Å². The monoisotopic (exact) mass is 406 g/mol. The second-order valence-electron chi connectivity index (χ2n) is 7.50. The predicted molar refractivity (Wildman–Crippen MR) is 110 cm³/mol. The summed E-state index contributed by atoms with van der Waals surface area (Å²) in [5, 5.41) is 0. The molecule has 2 atom stereocenters. The predicted octanol–water partition coefficient (Wildman–Crippen LogP) is 3.86. The van der Waals surface area contributed by atoms with Crippen LogP contribution in [0.15, 0.2) is 17.2 Å². The molecule has 0 radical (unpaired) electrons. The van der Waals surface area contributed by atoms with Crippen molar-refractivity contribution < 1.29 is 19.1 Å². The van der Waals surface area contributed by atoms with Crippen LogP contribution in [0.25, 0.3) is 0 Å². The van der Waals surface area contributed by atoms with E-state index in [-0.39, 0.29) is 17.8 Å². The number of unbranched alkanes of at least 4 members (excludes halogenated alkanes) is 1. The van der Waals surface area contributed by atoms with E-state index in [9.17, 15) is 9.59 Å². The Bertz CT molecular complexity index is 697. The molecule has 1 aromatic heterocycles. The van der Waals surface area contributed by atoms with Gasteiger partial charge in [-0.2, -0.15) is 0 Å². The highest BCUT2D eigenvalue weighted by Crippen LogP contribution is 2.41. The molecule has 0 bridgehead atoms. The van der Waals surface area contributed by atoms with Crippen molar-refractivity contribution in [1.29, 1.82) is 0 Å². The Kier molecular flexibility index (Phi) is 7.59. The smallest absolute Gasteiger partial charge is 0.306 e. The molecule has 2 aliphatic rings. The average Bonchev–Trinajstić information content (AvgIpc) is 3.09. The Morgan fingerprint density at radius 1 is 1.46 bits per heavy atom. The summed E-state index contributed by atoms with van der Waals surface area (Å²) in [7, 11) is 0. The first-order chi connectivity index (χ1) is 13.6. The van der Waals surface area contributed by atoms with Crippen LogP contribution in [0.5, 0.6) is 5.75 Å². The molecule has 1 unspecified atom stereocenters. The molecular formula is C21H30N2O4S. The van der Waals surface area contributed by atoms with Crippen molar-refractivity contribution in [2.75, 3.05) is 30.4 Å². The lowest BCUT2D eigenvalue weighted by Gasteiger charge is -2.32. The molecule has 0 aromatic carbocycles. The van der Waals surface area contributed by atoms with E-state index in [1.165, 1.54) is 12.8 Å². The van der Waals surface area contributed by atoms with E-state index in [1.54, 1.807) is 18.0 Å². The minimum Gasteiger partial charge on any atom is -0.486 e. The first kappa shape index (κ1) is 21.0. The van der Waals surface area contributed by atoms with Crippen LogP contribution < -0.4 is 9.64 Å². The molecule has 1 fully saturated rings. The van der Waals surface area contributed by atoms with Gasteiger partial charge in [0, 0.05) is 18.4 Å². The van der Waals surface area contributed by atoms with E-state index in [4.69, 9.17) is 9.47 Å². The molecule has 0 spiro atoms. The van der Waals surface area contributed by atoms with E-state index >= 15 is 0 Å². The number of fused-ring (bicyclic) bond motifs is 3. The fourth-order valence-electron chi connectivity index (χ4n) is 3.63. The zero-order valence-corrected chi connectivity index (χ0v) is 17.6. The standard InChI is InChI=1S/C21H30N2O4S/c1-3-5-6-15(4-2)13-26-19(25)8-10-28-18-7-9-22-21-20(18)27-14-16-11-17(24)12-23(16)21/h7,9,15-16H,3-6,8,10-14H2,1-2H3/t15?,16-/m0/s1. The van der Waals surface area contributed by atoms with Crippen molar-refractivity contribution >= 4 is 29.3 Å². The molecule has 28 heavy (non-hydrogen) atoms. The zero-order chi connectivity index (χ0) is 19.9. The summed E-state index contributed by atoms with van der Waals surface area (Å²) in [4.78, 5) is 31.3. The van der Waals surface area contributed by atoms with Gasteiger partial charge in [0.25, 0.3) is 0 Å². The molecule has 0 aliphatic carbocycles. The first-order valence-corrected chi connectivity index (χ1v) is 11.3. The topological polar surface area (TPSA) is 68.7 Å². The number of aromatic nitrogens is 1. The molecule has 7 heteroatoms. The molecule has 2 aliphatic heterocycles. The number of carbonyl (C=O) groups excluding carboxylic acids is 2. The summed E-state index contributed by atoms with van der Waals surface area (Å²) in [6.45, 7) is 5.77. The lowest BCUT2D eigenvalue weighted by Crippen LogP contribution is -2.38. The number of ether oxygens (including phenoxy) is 2. The van der Waals surface area contributed by atoms with Crippen molar-refractivity contribution in [2.24, 2.45) is 5.92 Å². The zero-order valence-electron chi connectivity index (χ0n) is 16.8. The van der Waals surface area contributed by atoms with E-state index in [2.05, 4.69) is 18.8 Å². The van der Waals surface area contributed by atoms with Crippen LogP contribution in [0.4, 0.5) is 5.82 Å². The second-order valence-corrected chi connectivity index (χ2v) is 8.63. The summed E-state index contributed by atoms with van der Waals surface area (Å²) >= 11 is 1.57. The van der Waals surface area contributed by atoms with Gasteiger partial charge in [0.15, 0.2) is 17.4 Å². The molecule has 0 saturated carbocycles. The highest BCUT2D eigenvalue weighted by Gasteiger charge is 2.37. The molecular weight excluding hydrogens is 376 g/mol. The van der Waals surface area contributed by atoms with Crippen molar-refractivity contribution in [1.82, 2.24) is 4.98 Å². The number of carbonyl (C=O) groups is 2. The number of hydrogen-bond acceptors (Lipinski definition) is 7.